The molecular weight excluding hydrogens is 278 g/mol. The van der Waals surface area contributed by atoms with Gasteiger partial charge in [0.05, 0.1) is 5.56 Å². The average molecular weight is 303 g/mol. The Labute approximate surface area is 132 Å². The van der Waals surface area contributed by atoms with Crippen LogP contribution in [0.2, 0.25) is 0 Å². The van der Waals surface area contributed by atoms with Crippen molar-refractivity contribution < 1.29 is 0 Å². The Morgan fingerprint density at radius 2 is 2.00 bits per heavy atom. The zero-order chi connectivity index (χ0) is 15.4. The fraction of sp³-hybridized carbons (Fsp3) is 0.647. The van der Waals surface area contributed by atoms with Gasteiger partial charge < -0.3 is 11.1 Å². The number of hydrogen-bond donors (Lipinski definition) is 2. The lowest BCUT2D eigenvalue weighted by Gasteiger charge is -2.13. The third kappa shape index (κ3) is 2.24. The number of rotatable bonds is 4. The van der Waals surface area contributed by atoms with E-state index in [1.807, 2.05) is 0 Å². The maximum absolute atomic E-state index is 5.89. The standard InChI is InChI=1S/C17H25N3S/c1-16(2)13(17(16,3)4)9-19-15-11(14(18)21)8-10-6-5-7-12(10)20-15/h8,13H,5-7,9H2,1-4H3,(H2,18,21)(H,19,20). The molecule has 0 bridgehead atoms. The van der Waals surface area contributed by atoms with Gasteiger partial charge in [-0.05, 0) is 47.6 Å². The predicted octanol–water partition coefficient (Wildman–Crippen LogP) is 3.30. The number of aromatic nitrogens is 1. The second-order valence-electron chi connectivity index (χ2n) is 7.59. The first kappa shape index (κ1) is 14.8. The highest BCUT2D eigenvalue weighted by molar-refractivity contribution is 7.80. The summed E-state index contributed by atoms with van der Waals surface area (Å²) in [6.07, 6.45) is 3.36. The molecule has 0 amide bonds. The highest BCUT2D eigenvalue weighted by Gasteiger charge is 2.64. The minimum absolute atomic E-state index is 0.375. The molecule has 0 radical (unpaired) electrons. The Morgan fingerprint density at radius 3 is 2.57 bits per heavy atom. The van der Waals surface area contributed by atoms with Gasteiger partial charge in [0, 0.05) is 12.2 Å². The molecule has 0 spiro atoms. The van der Waals surface area contributed by atoms with E-state index in [4.69, 9.17) is 22.9 Å². The first-order valence-corrected chi connectivity index (χ1v) is 8.22. The number of nitrogens with zero attached hydrogens (tertiary/aromatic N) is 1. The van der Waals surface area contributed by atoms with Gasteiger partial charge in [0.25, 0.3) is 0 Å². The monoisotopic (exact) mass is 303 g/mol. The quantitative estimate of drug-likeness (QED) is 0.838. The van der Waals surface area contributed by atoms with Crippen LogP contribution in [0.3, 0.4) is 0 Å². The molecule has 0 saturated heterocycles. The molecule has 2 aliphatic rings. The van der Waals surface area contributed by atoms with Gasteiger partial charge in [0.15, 0.2) is 0 Å². The number of pyridine rings is 1. The van der Waals surface area contributed by atoms with Crippen LogP contribution in [0.15, 0.2) is 6.07 Å². The molecule has 4 heteroatoms. The average Bonchev–Trinajstić information content (AvgIpc) is 2.74. The summed E-state index contributed by atoms with van der Waals surface area (Å²) in [7, 11) is 0. The van der Waals surface area contributed by atoms with Gasteiger partial charge in [-0.3, -0.25) is 0 Å². The molecule has 21 heavy (non-hydrogen) atoms. The second kappa shape index (κ2) is 4.67. The van der Waals surface area contributed by atoms with Crippen molar-refractivity contribution in [3.05, 3.63) is 22.9 Å². The lowest BCUT2D eigenvalue weighted by Crippen LogP contribution is -2.18. The Hall–Kier alpha value is -1.16. The molecule has 1 heterocycles. The van der Waals surface area contributed by atoms with Crippen LogP contribution in [0.25, 0.3) is 0 Å². The zero-order valence-electron chi connectivity index (χ0n) is 13.4. The molecule has 1 fully saturated rings. The summed E-state index contributed by atoms with van der Waals surface area (Å²) in [5.41, 5.74) is 10.1. The van der Waals surface area contributed by atoms with E-state index in [-0.39, 0.29) is 0 Å². The molecule has 0 aromatic carbocycles. The van der Waals surface area contributed by atoms with E-state index in [0.29, 0.717) is 21.7 Å². The van der Waals surface area contributed by atoms with Crippen LogP contribution in [-0.2, 0) is 12.8 Å². The smallest absolute Gasteiger partial charge is 0.136 e. The lowest BCUT2D eigenvalue weighted by molar-refractivity contribution is 0.457. The summed E-state index contributed by atoms with van der Waals surface area (Å²) in [5, 5.41) is 3.52. The number of nitrogens with two attached hydrogens (primary N) is 1. The van der Waals surface area contributed by atoms with Crippen LogP contribution in [-0.4, -0.2) is 16.5 Å². The van der Waals surface area contributed by atoms with Gasteiger partial charge in [-0.1, -0.05) is 39.9 Å². The molecule has 2 aliphatic carbocycles. The maximum Gasteiger partial charge on any atom is 0.136 e. The van der Waals surface area contributed by atoms with Crippen molar-refractivity contribution >= 4 is 23.0 Å². The normalized spacial score (nSPS) is 21.9. The molecule has 0 aliphatic heterocycles. The van der Waals surface area contributed by atoms with E-state index in [1.165, 1.54) is 17.7 Å². The van der Waals surface area contributed by atoms with Crippen LogP contribution in [0.5, 0.6) is 0 Å². The number of fused-ring (bicyclic) bond motifs is 1. The van der Waals surface area contributed by atoms with E-state index < -0.39 is 0 Å². The molecule has 3 N–H and O–H groups in total. The Bertz CT molecular complexity index is 590. The Morgan fingerprint density at radius 1 is 1.33 bits per heavy atom. The lowest BCUT2D eigenvalue weighted by atomic mass is 10.0. The van der Waals surface area contributed by atoms with Gasteiger partial charge in [-0.15, -0.1) is 0 Å². The summed E-state index contributed by atoms with van der Waals surface area (Å²) in [6.45, 7) is 10.3. The van der Waals surface area contributed by atoms with Gasteiger partial charge in [0.2, 0.25) is 0 Å². The van der Waals surface area contributed by atoms with E-state index in [9.17, 15) is 0 Å². The first-order valence-electron chi connectivity index (χ1n) is 7.81. The fourth-order valence-electron chi connectivity index (χ4n) is 3.84. The summed E-state index contributed by atoms with van der Waals surface area (Å²) in [6, 6.07) is 2.14. The molecule has 1 saturated carbocycles. The number of nitrogens with one attached hydrogen (secondary N) is 1. The number of anilines is 1. The SMILES string of the molecule is CC1(C)C(CNc2nc3c(cc2C(N)=S)CCC3)C1(C)C. The van der Waals surface area contributed by atoms with Crippen LogP contribution < -0.4 is 11.1 Å². The molecular formula is C17H25N3S. The number of aryl methyl sites for hydroxylation is 2. The van der Waals surface area contributed by atoms with Gasteiger partial charge in [0.1, 0.15) is 10.8 Å². The fourth-order valence-corrected chi connectivity index (χ4v) is 3.99. The summed E-state index contributed by atoms with van der Waals surface area (Å²) in [4.78, 5) is 5.23. The van der Waals surface area contributed by atoms with Gasteiger partial charge >= 0.3 is 0 Å². The summed E-state index contributed by atoms with van der Waals surface area (Å²) < 4.78 is 0. The largest absolute Gasteiger partial charge is 0.389 e. The van der Waals surface area contributed by atoms with Crippen molar-refractivity contribution in [2.75, 3.05) is 11.9 Å². The van der Waals surface area contributed by atoms with Gasteiger partial charge in [-0.2, -0.15) is 0 Å². The third-order valence-electron chi connectivity index (χ3n) is 6.11. The molecule has 1 aromatic rings. The first-order chi connectivity index (χ1) is 9.75. The zero-order valence-corrected chi connectivity index (χ0v) is 14.2. The Balaban J connectivity index is 1.81. The minimum atomic E-state index is 0.375. The predicted molar refractivity (Wildman–Crippen MR) is 91.7 cm³/mol. The number of thiocarbonyl (C=S) groups is 1. The highest BCUT2D eigenvalue weighted by atomic mass is 32.1. The van der Waals surface area contributed by atoms with Crippen molar-refractivity contribution in [3.63, 3.8) is 0 Å². The van der Waals surface area contributed by atoms with Crippen molar-refractivity contribution in [1.82, 2.24) is 4.98 Å². The van der Waals surface area contributed by atoms with Crippen LogP contribution in [0.4, 0.5) is 5.82 Å². The molecule has 114 valence electrons. The van der Waals surface area contributed by atoms with E-state index in [1.54, 1.807) is 0 Å². The van der Waals surface area contributed by atoms with E-state index in [0.717, 1.165) is 30.8 Å². The molecule has 3 rings (SSSR count). The summed E-state index contributed by atoms with van der Waals surface area (Å²) in [5.74, 6) is 1.53. The maximum atomic E-state index is 5.89. The van der Waals surface area contributed by atoms with E-state index >= 15 is 0 Å². The minimum Gasteiger partial charge on any atom is -0.389 e. The van der Waals surface area contributed by atoms with Crippen molar-refractivity contribution in [2.45, 2.75) is 47.0 Å². The topological polar surface area (TPSA) is 50.9 Å². The van der Waals surface area contributed by atoms with Crippen LogP contribution >= 0.6 is 12.2 Å². The Kier molecular flexibility index (Phi) is 3.28. The third-order valence-corrected chi connectivity index (χ3v) is 6.33. The van der Waals surface area contributed by atoms with Crippen molar-refractivity contribution in [2.24, 2.45) is 22.5 Å². The summed E-state index contributed by atoms with van der Waals surface area (Å²) >= 11 is 5.20. The van der Waals surface area contributed by atoms with Crippen LogP contribution in [0, 0.1) is 16.7 Å². The molecule has 1 aromatic heterocycles. The van der Waals surface area contributed by atoms with Crippen molar-refractivity contribution in [3.8, 4) is 0 Å². The molecule has 0 atom stereocenters. The van der Waals surface area contributed by atoms with Crippen molar-refractivity contribution in [1.29, 1.82) is 0 Å². The van der Waals surface area contributed by atoms with Gasteiger partial charge in [-0.25, -0.2) is 4.98 Å². The number of hydrogen-bond acceptors (Lipinski definition) is 3. The molecule has 0 unspecified atom stereocenters. The second-order valence-corrected chi connectivity index (χ2v) is 8.02. The highest BCUT2D eigenvalue weighted by Crippen LogP contribution is 2.68. The van der Waals surface area contributed by atoms with Crippen LogP contribution in [0.1, 0.15) is 50.9 Å². The van der Waals surface area contributed by atoms with E-state index in [2.05, 4.69) is 39.1 Å². The molecule has 3 nitrogen and oxygen atoms in total.